The van der Waals surface area contributed by atoms with Crippen LogP contribution in [0.15, 0.2) is 81.5 Å². The Bertz CT molecular complexity index is 1390. The van der Waals surface area contributed by atoms with E-state index < -0.39 is 20.2 Å². The first-order chi connectivity index (χ1) is 15.8. The molecule has 0 spiro atoms. The highest BCUT2D eigenvalue weighted by atomic mass is 32.2. The van der Waals surface area contributed by atoms with E-state index in [9.17, 15) is 16.8 Å². The monoisotopic (exact) mass is 540 g/mol. The minimum atomic E-state index is -3.94. The number of rotatable bonds is 10. The summed E-state index contributed by atoms with van der Waals surface area (Å²) in [5.74, 6) is 0. The summed E-state index contributed by atoms with van der Waals surface area (Å²) < 4.78 is 59.9. The topological polar surface area (TPSA) is 142 Å². The molecule has 4 aromatic rings. The van der Waals surface area contributed by atoms with Crippen LogP contribution in [-0.4, -0.2) is 26.8 Å². The summed E-state index contributed by atoms with van der Waals surface area (Å²) >= 11 is 3.98. The van der Waals surface area contributed by atoms with Gasteiger partial charge in [-0.25, -0.2) is 18.4 Å². The maximum absolute atomic E-state index is 12.4. The van der Waals surface area contributed by atoms with Gasteiger partial charge in [0.05, 0.1) is 16.3 Å². The molecule has 172 valence electrons. The molecule has 2 heterocycles. The zero-order valence-electron chi connectivity index (χ0n) is 16.5. The lowest BCUT2D eigenvalue weighted by Crippen LogP contribution is -2.21. The summed E-state index contributed by atoms with van der Waals surface area (Å²) in [5, 5.41) is 4.52. The second-order valence-corrected chi connectivity index (χ2v) is 12.0. The Balaban J connectivity index is 1.35. The van der Waals surface area contributed by atoms with Gasteiger partial charge in [-0.3, -0.25) is 14.2 Å². The number of nitrogens with zero attached hydrogens (tertiary/aromatic N) is 2. The maximum Gasteiger partial charge on any atom is 0.321 e. The number of benzene rings is 2. The zero-order chi connectivity index (χ0) is 23.3. The molecule has 2 aromatic carbocycles. The normalized spacial score (nSPS) is 11.6. The Kier molecular flexibility index (Phi) is 7.04. The van der Waals surface area contributed by atoms with Crippen molar-refractivity contribution < 1.29 is 16.8 Å². The molecule has 0 unspecified atom stereocenters. The molecule has 4 N–H and O–H groups in total. The van der Waals surface area contributed by atoms with Gasteiger partial charge in [-0.2, -0.15) is 8.42 Å². The van der Waals surface area contributed by atoms with Crippen LogP contribution in [0, 0.1) is 0 Å². The predicted octanol–water partition coefficient (Wildman–Crippen LogP) is 4.29. The Morgan fingerprint density at radius 1 is 0.697 bits per heavy atom. The molecule has 0 aliphatic heterocycles. The molecule has 15 heteroatoms. The number of anilines is 4. The van der Waals surface area contributed by atoms with Crippen LogP contribution in [0.2, 0.25) is 0 Å². The summed E-state index contributed by atoms with van der Waals surface area (Å²) in [6.07, 6.45) is 3.18. The first kappa shape index (κ1) is 23.3. The SMILES string of the molecule is O=S(=O)(Nc1ccc(SNc2nccs2)cc1)Nc1ccc(S(=O)(=O)Nc2nccs2)cc1. The van der Waals surface area contributed by atoms with Gasteiger partial charge in [0.25, 0.3) is 10.0 Å². The van der Waals surface area contributed by atoms with Crippen LogP contribution in [0.25, 0.3) is 0 Å². The first-order valence-corrected chi connectivity index (χ1v) is 14.6. The van der Waals surface area contributed by atoms with E-state index in [2.05, 4.69) is 28.9 Å². The van der Waals surface area contributed by atoms with Gasteiger partial charge in [-0.15, -0.1) is 22.7 Å². The molecule has 10 nitrogen and oxygen atoms in total. The van der Waals surface area contributed by atoms with Crippen molar-refractivity contribution in [2.24, 2.45) is 0 Å². The van der Waals surface area contributed by atoms with E-state index in [4.69, 9.17) is 0 Å². The van der Waals surface area contributed by atoms with Crippen LogP contribution in [-0.2, 0) is 20.2 Å². The molecule has 0 fully saturated rings. The Morgan fingerprint density at radius 3 is 1.79 bits per heavy atom. The molecular weight excluding hydrogens is 525 g/mol. The van der Waals surface area contributed by atoms with E-state index in [1.165, 1.54) is 53.7 Å². The Labute approximate surface area is 202 Å². The maximum atomic E-state index is 12.4. The fourth-order valence-corrected chi connectivity index (χ4v) is 6.41. The Hall–Kier alpha value is -2.85. The zero-order valence-corrected chi connectivity index (χ0v) is 20.6. The first-order valence-electron chi connectivity index (χ1n) is 9.04. The van der Waals surface area contributed by atoms with Gasteiger partial charge in [-0.05, 0) is 60.5 Å². The molecule has 0 saturated heterocycles. The smallest absolute Gasteiger partial charge is 0.302 e. The lowest BCUT2D eigenvalue weighted by molar-refractivity contribution is 0.601. The molecule has 33 heavy (non-hydrogen) atoms. The van der Waals surface area contributed by atoms with Crippen LogP contribution in [0.1, 0.15) is 0 Å². The summed E-state index contributed by atoms with van der Waals surface area (Å²) in [6, 6.07) is 12.1. The molecule has 0 bridgehead atoms. The average molecular weight is 541 g/mol. The average Bonchev–Trinajstić information content (AvgIpc) is 3.47. The number of sulfonamides is 1. The summed E-state index contributed by atoms with van der Waals surface area (Å²) in [5.41, 5.74) is 0.573. The molecule has 0 radical (unpaired) electrons. The van der Waals surface area contributed by atoms with Crippen LogP contribution in [0.5, 0.6) is 0 Å². The summed E-state index contributed by atoms with van der Waals surface area (Å²) in [4.78, 5) is 8.86. The molecule has 0 saturated carbocycles. The quantitative estimate of drug-likeness (QED) is 0.218. The van der Waals surface area contributed by atoms with Gasteiger partial charge < -0.3 is 4.72 Å². The van der Waals surface area contributed by atoms with Crippen LogP contribution in [0.3, 0.4) is 0 Å². The molecule has 2 aromatic heterocycles. The van der Waals surface area contributed by atoms with Crippen molar-refractivity contribution in [1.82, 2.24) is 9.97 Å². The number of thiazole rings is 2. The van der Waals surface area contributed by atoms with E-state index in [-0.39, 0.29) is 15.7 Å². The van der Waals surface area contributed by atoms with Crippen molar-refractivity contribution in [1.29, 1.82) is 0 Å². The second-order valence-electron chi connectivity index (χ2n) is 6.24. The fourth-order valence-electron chi connectivity index (χ4n) is 2.45. The fraction of sp³-hybridized carbons (Fsp3) is 0. The van der Waals surface area contributed by atoms with Crippen molar-refractivity contribution in [3.63, 3.8) is 0 Å². The molecular formula is C18H16N6O4S5. The van der Waals surface area contributed by atoms with Gasteiger partial charge >= 0.3 is 10.2 Å². The molecule has 0 atom stereocenters. The van der Waals surface area contributed by atoms with Crippen LogP contribution < -0.4 is 18.9 Å². The molecule has 4 rings (SSSR count). The lowest BCUT2D eigenvalue weighted by atomic mass is 10.3. The highest BCUT2D eigenvalue weighted by Gasteiger charge is 2.16. The number of hydrogen-bond donors (Lipinski definition) is 4. The van der Waals surface area contributed by atoms with E-state index in [1.807, 2.05) is 5.38 Å². The third-order valence-electron chi connectivity index (χ3n) is 3.87. The lowest BCUT2D eigenvalue weighted by Gasteiger charge is -2.11. The van der Waals surface area contributed by atoms with E-state index in [1.54, 1.807) is 35.8 Å². The summed E-state index contributed by atoms with van der Waals surface area (Å²) in [7, 11) is -7.76. The van der Waals surface area contributed by atoms with Crippen molar-refractivity contribution in [3.8, 4) is 0 Å². The Morgan fingerprint density at radius 2 is 1.24 bits per heavy atom. The van der Waals surface area contributed by atoms with Gasteiger partial charge in [0.15, 0.2) is 10.3 Å². The molecule has 0 amide bonds. The highest BCUT2D eigenvalue weighted by Crippen LogP contribution is 2.24. The molecule has 0 aliphatic carbocycles. The van der Waals surface area contributed by atoms with E-state index in [0.717, 1.165) is 21.4 Å². The van der Waals surface area contributed by atoms with Crippen molar-refractivity contribution in [2.75, 3.05) is 18.9 Å². The van der Waals surface area contributed by atoms with E-state index >= 15 is 0 Å². The minimum Gasteiger partial charge on any atom is -0.302 e. The highest BCUT2D eigenvalue weighted by molar-refractivity contribution is 8.00. The number of nitrogens with one attached hydrogen (secondary N) is 4. The minimum absolute atomic E-state index is 0.0203. The second kappa shape index (κ2) is 9.96. The van der Waals surface area contributed by atoms with Crippen molar-refractivity contribution in [2.45, 2.75) is 9.79 Å². The predicted molar refractivity (Wildman–Crippen MR) is 134 cm³/mol. The third-order valence-corrected chi connectivity index (χ3v) is 8.67. The van der Waals surface area contributed by atoms with E-state index in [0.29, 0.717) is 5.69 Å². The van der Waals surface area contributed by atoms with Crippen molar-refractivity contribution >= 4 is 76.5 Å². The van der Waals surface area contributed by atoms with Crippen LogP contribution in [0.4, 0.5) is 21.6 Å². The standard InChI is InChI=1S/C18H16N6O4S5/c25-32(26,24-18-20-10-12-30-18)16-7-3-14(4-8-16)23-33(27,28)22-13-1-5-15(6-2-13)31-21-17-19-9-11-29-17/h1-12,22-23H,(H,19,21)(H,20,24). The van der Waals surface area contributed by atoms with Gasteiger partial charge in [0, 0.05) is 28.0 Å². The molecule has 0 aliphatic rings. The third kappa shape index (κ3) is 6.58. The van der Waals surface area contributed by atoms with Gasteiger partial charge in [0.1, 0.15) is 0 Å². The van der Waals surface area contributed by atoms with Gasteiger partial charge in [0.2, 0.25) is 0 Å². The largest absolute Gasteiger partial charge is 0.321 e. The van der Waals surface area contributed by atoms with Crippen LogP contribution >= 0.6 is 34.6 Å². The van der Waals surface area contributed by atoms with Gasteiger partial charge in [-0.1, -0.05) is 0 Å². The number of aromatic nitrogens is 2. The summed E-state index contributed by atoms with van der Waals surface area (Å²) in [6.45, 7) is 0. The van der Waals surface area contributed by atoms with Crippen molar-refractivity contribution in [3.05, 3.63) is 71.7 Å². The number of hydrogen-bond acceptors (Lipinski definition) is 10.